The van der Waals surface area contributed by atoms with Crippen molar-refractivity contribution in [2.45, 2.75) is 65.3 Å². The van der Waals surface area contributed by atoms with Crippen LogP contribution < -0.4 is 20.7 Å². The van der Waals surface area contributed by atoms with E-state index in [9.17, 15) is 28.8 Å². The lowest BCUT2D eigenvalue weighted by Gasteiger charge is -2.37. The molecule has 3 N–H and O–H groups in total. The zero-order valence-electron chi connectivity index (χ0n) is 23.9. The van der Waals surface area contributed by atoms with Crippen molar-refractivity contribution in [2.75, 3.05) is 11.9 Å². The maximum absolute atomic E-state index is 14.0. The fourth-order valence-electron chi connectivity index (χ4n) is 6.05. The number of aromatic nitrogens is 1. The number of anilines is 1. The molecule has 42 heavy (non-hydrogen) atoms. The second-order valence-electron chi connectivity index (χ2n) is 12.7. The molecule has 4 amide bonds. The first-order valence-electron chi connectivity index (χ1n) is 13.7. The van der Waals surface area contributed by atoms with Crippen LogP contribution in [0.25, 0.3) is 0 Å². The third kappa shape index (κ3) is 5.29. The summed E-state index contributed by atoms with van der Waals surface area (Å²) in [7, 11) is 0. The second kappa shape index (κ2) is 10.4. The van der Waals surface area contributed by atoms with E-state index < -0.39 is 59.1 Å². The van der Waals surface area contributed by atoms with E-state index in [0.717, 1.165) is 12.5 Å². The van der Waals surface area contributed by atoms with Gasteiger partial charge >= 0.3 is 0 Å². The van der Waals surface area contributed by atoms with Crippen molar-refractivity contribution in [3.8, 4) is 11.8 Å². The number of amides is 4. The normalized spacial score (nSPS) is 25.1. The Kier molecular flexibility index (Phi) is 7.20. The number of carbonyl (C=O) groups is 4. The van der Waals surface area contributed by atoms with Gasteiger partial charge in [-0.3, -0.25) is 19.2 Å². The van der Waals surface area contributed by atoms with Crippen molar-refractivity contribution in [3.63, 3.8) is 0 Å². The molecule has 0 bridgehead atoms. The lowest BCUT2D eigenvalue weighted by Crippen LogP contribution is -2.60. The van der Waals surface area contributed by atoms with Gasteiger partial charge in [0.15, 0.2) is 12.5 Å². The molecule has 3 heterocycles. The van der Waals surface area contributed by atoms with Gasteiger partial charge in [0, 0.05) is 19.0 Å². The Hall–Kier alpha value is -4.47. The van der Waals surface area contributed by atoms with Crippen LogP contribution in [-0.4, -0.2) is 64.3 Å². The molecule has 2 aliphatic heterocycles. The number of likely N-dealkylation sites (tertiary alicyclic amines) is 1. The van der Waals surface area contributed by atoms with E-state index in [1.54, 1.807) is 20.8 Å². The van der Waals surface area contributed by atoms with Gasteiger partial charge in [0.05, 0.1) is 18.0 Å². The summed E-state index contributed by atoms with van der Waals surface area (Å²) in [6.45, 7) is 9.79. The maximum Gasteiger partial charge on any atom is 0.289 e. The van der Waals surface area contributed by atoms with Crippen molar-refractivity contribution in [1.82, 2.24) is 20.5 Å². The van der Waals surface area contributed by atoms with E-state index in [4.69, 9.17) is 9.15 Å². The Bertz CT molecular complexity index is 1460. The molecule has 3 aliphatic rings. The van der Waals surface area contributed by atoms with E-state index in [-0.39, 0.29) is 40.9 Å². The van der Waals surface area contributed by atoms with Crippen molar-refractivity contribution >= 4 is 29.3 Å². The average Bonchev–Trinajstić information content (AvgIpc) is 3.37. The number of ether oxygens (including phenoxy) is 1. The number of rotatable bonds is 7. The summed E-state index contributed by atoms with van der Waals surface area (Å²) in [5.74, 6) is -2.55. The number of halogens is 1. The molecule has 222 valence electrons. The lowest BCUT2D eigenvalue weighted by atomic mass is 9.85. The molecule has 1 aromatic heterocycles. The standard InChI is InChI=1S/C29H33FN6O6/c1-28(2,3)23(35-25(38)20-11-32-13-41-20)27(40)36-12-16-21(29(16,4)5)22(36)26(39)33-15(10-31)9-19-24(37)34-17-8-14(30)6-7-18(17)42-19/h6-8,11,13,15-16,19,21-23H,9,12H2,1-5H3,(H,33,39)(H,34,37)(H,35,38)/t15-,16-,19?,21-,22-,23?/m0/s1. The highest BCUT2D eigenvalue weighted by molar-refractivity contribution is 5.99. The van der Waals surface area contributed by atoms with Gasteiger partial charge in [-0.1, -0.05) is 34.6 Å². The second-order valence-corrected chi connectivity index (χ2v) is 12.7. The topological polar surface area (TPSA) is 167 Å². The highest BCUT2D eigenvalue weighted by Gasteiger charge is 2.69. The molecule has 6 atom stereocenters. The van der Waals surface area contributed by atoms with Crippen LogP contribution in [0.1, 0.15) is 51.6 Å². The van der Waals surface area contributed by atoms with Crippen LogP contribution in [0.5, 0.6) is 5.75 Å². The van der Waals surface area contributed by atoms with Gasteiger partial charge in [0.1, 0.15) is 29.7 Å². The van der Waals surface area contributed by atoms with Gasteiger partial charge < -0.3 is 30.0 Å². The number of piperidine rings is 1. The van der Waals surface area contributed by atoms with E-state index in [1.165, 1.54) is 23.2 Å². The van der Waals surface area contributed by atoms with Crippen molar-refractivity contribution < 1.29 is 32.7 Å². The number of nitrogens with zero attached hydrogens (tertiary/aromatic N) is 3. The van der Waals surface area contributed by atoms with Crippen molar-refractivity contribution in [3.05, 3.63) is 42.4 Å². The van der Waals surface area contributed by atoms with E-state index in [1.807, 2.05) is 19.9 Å². The van der Waals surface area contributed by atoms with Gasteiger partial charge in [0.25, 0.3) is 11.8 Å². The van der Waals surface area contributed by atoms with E-state index >= 15 is 0 Å². The number of benzene rings is 1. The quantitative estimate of drug-likeness (QED) is 0.448. The molecule has 12 nitrogen and oxygen atoms in total. The van der Waals surface area contributed by atoms with Crippen molar-refractivity contribution in [2.24, 2.45) is 22.7 Å². The zero-order valence-corrected chi connectivity index (χ0v) is 23.9. The Labute approximate surface area is 242 Å². The number of carbonyl (C=O) groups excluding carboxylic acids is 4. The number of nitrogens with one attached hydrogen (secondary N) is 3. The van der Waals surface area contributed by atoms with E-state index in [0.29, 0.717) is 6.54 Å². The highest BCUT2D eigenvalue weighted by atomic mass is 19.1. The zero-order chi connectivity index (χ0) is 30.6. The average molecular weight is 581 g/mol. The van der Waals surface area contributed by atoms with Crippen LogP contribution in [-0.2, 0) is 14.4 Å². The summed E-state index contributed by atoms with van der Waals surface area (Å²) in [6.07, 6.45) is 1.10. The van der Waals surface area contributed by atoms with Crippen LogP contribution in [0, 0.1) is 39.8 Å². The fourth-order valence-corrected chi connectivity index (χ4v) is 6.05. The maximum atomic E-state index is 14.0. The molecule has 1 aliphatic carbocycles. The molecule has 0 radical (unpaired) electrons. The number of oxazole rings is 1. The third-order valence-electron chi connectivity index (χ3n) is 8.49. The first kappa shape index (κ1) is 29.0. The van der Waals surface area contributed by atoms with Crippen molar-refractivity contribution in [1.29, 1.82) is 5.26 Å². The van der Waals surface area contributed by atoms with Gasteiger partial charge in [-0.05, 0) is 34.8 Å². The molecular weight excluding hydrogens is 547 g/mol. The fraction of sp³-hybridized carbons (Fsp3) is 0.517. The lowest BCUT2D eigenvalue weighted by molar-refractivity contribution is -0.144. The van der Waals surface area contributed by atoms with Gasteiger partial charge in [-0.25, -0.2) is 9.37 Å². The molecule has 13 heteroatoms. The minimum atomic E-state index is -1.11. The predicted octanol–water partition coefficient (Wildman–Crippen LogP) is 2.24. The molecule has 1 aromatic carbocycles. The molecule has 2 aromatic rings. The van der Waals surface area contributed by atoms with Crippen LogP contribution in [0.3, 0.4) is 0 Å². The number of nitriles is 1. The first-order valence-corrected chi connectivity index (χ1v) is 13.7. The summed E-state index contributed by atoms with van der Waals surface area (Å²) in [5, 5.41) is 17.9. The monoisotopic (exact) mass is 580 g/mol. The highest BCUT2D eigenvalue weighted by Crippen LogP contribution is 2.65. The van der Waals surface area contributed by atoms with Gasteiger partial charge in [0.2, 0.25) is 17.6 Å². The molecule has 1 saturated heterocycles. The SMILES string of the molecule is CC(C)(C)C(NC(=O)c1cnco1)C(=O)N1C[C@H]2[C@@H]([C@H]1C(=O)N[C@H](C#N)CC1Oc3ccc(F)cc3NC1=O)C2(C)C. The van der Waals surface area contributed by atoms with Crippen LogP contribution in [0.4, 0.5) is 10.1 Å². The van der Waals surface area contributed by atoms with Crippen LogP contribution in [0.2, 0.25) is 0 Å². The third-order valence-corrected chi connectivity index (χ3v) is 8.49. The molecule has 2 fully saturated rings. The smallest absolute Gasteiger partial charge is 0.289 e. The van der Waals surface area contributed by atoms with Crippen LogP contribution in [0.15, 0.2) is 35.2 Å². The largest absolute Gasteiger partial charge is 0.478 e. The summed E-state index contributed by atoms with van der Waals surface area (Å²) < 4.78 is 24.3. The Morgan fingerprint density at radius 1 is 1.29 bits per heavy atom. The molecule has 0 spiro atoms. The molecule has 2 unspecified atom stereocenters. The summed E-state index contributed by atoms with van der Waals surface area (Å²) in [5.41, 5.74) is -0.734. The number of hydrogen-bond acceptors (Lipinski definition) is 8. The van der Waals surface area contributed by atoms with E-state index in [2.05, 4.69) is 20.9 Å². The Balaban J connectivity index is 1.32. The summed E-state index contributed by atoms with van der Waals surface area (Å²) in [4.78, 5) is 58.3. The molecular formula is C29H33FN6O6. The summed E-state index contributed by atoms with van der Waals surface area (Å²) in [6, 6.07) is 2.73. The molecule has 1 saturated carbocycles. The minimum Gasteiger partial charge on any atom is -0.478 e. The van der Waals surface area contributed by atoms with Gasteiger partial charge in [-0.15, -0.1) is 0 Å². The minimum absolute atomic E-state index is 0.0460. The first-order chi connectivity index (χ1) is 19.7. The predicted molar refractivity (Wildman–Crippen MR) is 145 cm³/mol. The van der Waals surface area contributed by atoms with Gasteiger partial charge in [-0.2, -0.15) is 5.26 Å². The Morgan fingerprint density at radius 3 is 2.67 bits per heavy atom. The molecule has 5 rings (SSSR count). The Morgan fingerprint density at radius 2 is 2.02 bits per heavy atom. The summed E-state index contributed by atoms with van der Waals surface area (Å²) >= 11 is 0. The number of hydrogen-bond donors (Lipinski definition) is 3. The van der Waals surface area contributed by atoms with Crippen LogP contribution >= 0.6 is 0 Å². The number of fused-ring (bicyclic) bond motifs is 2.